The molecule has 0 bridgehead atoms. The van der Waals surface area contributed by atoms with Crippen LogP contribution in [0, 0.1) is 6.92 Å². The van der Waals surface area contributed by atoms with E-state index in [0.29, 0.717) is 18.2 Å². The lowest BCUT2D eigenvalue weighted by atomic mass is 10.0. The largest absolute Gasteiger partial charge is 0.492 e. The number of nitrogens with one attached hydrogen (secondary N) is 1. The number of hydrogen-bond donors (Lipinski definition) is 1. The zero-order valence-corrected chi connectivity index (χ0v) is 16.6. The van der Waals surface area contributed by atoms with Crippen LogP contribution in [0.2, 0.25) is 5.02 Å². The highest BCUT2D eigenvalue weighted by molar-refractivity contribution is 6.30. The van der Waals surface area contributed by atoms with Crippen LogP contribution in [0.25, 0.3) is 0 Å². The molecule has 1 N–H and O–H groups in total. The number of benzene rings is 2. The Morgan fingerprint density at radius 3 is 2.52 bits per heavy atom. The van der Waals surface area contributed by atoms with Gasteiger partial charge in [0.1, 0.15) is 12.4 Å². The maximum Gasteiger partial charge on any atom is 0.224 e. The number of halogens is 1. The normalized spacial score (nSPS) is 11.6. The molecule has 2 aromatic rings. The van der Waals surface area contributed by atoms with Crippen LogP contribution in [0.3, 0.4) is 0 Å². The molecule has 1 atom stereocenters. The lowest BCUT2D eigenvalue weighted by molar-refractivity contribution is -0.131. The number of aryl methyl sites for hydroxylation is 1. The lowest BCUT2D eigenvalue weighted by Crippen LogP contribution is -2.35. The van der Waals surface area contributed by atoms with Gasteiger partial charge in [-0.25, -0.2) is 0 Å². The summed E-state index contributed by atoms with van der Waals surface area (Å²) in [5, 5.41) is 3.44. The first-order valence-corrected chi connectivity index (χ1v) is 9.19. The van der Waals surface area contributed by atoms with Gasteiger partial charge in [-0.15, -0.1) is 0 Å². The Morgan fingerprint density at radius 1 is 1.19 bits per heavy atom. The monoisotopic (exact) mass is 388 g/mol. The van der Waals surface area contributed by atoms with Crippen LogP contribution < -0.4 is 10.1 Å². The molecule has 2 rings (SSSR count). The summed E-state index contributed by atoms with van der Waals surface area (Å²) in [5.41, 5.74) is 1.96. The summed E-state index contributed by atoms with van der Waals surface area (Å²) in [7, 11) is 1.73. The Hall–Kier alpha value is -2.53. The molecule has 1 unspecified atom stereocenters. The van der Waals surface area contributed by atoms with Crippen molar-refractivity contribution in [2.24, 2.45) is 0 Å². The number of carbonyl (C=O) groups is 2. The van der Waals surface area contributed by atoms with Crippen molar-refractivity contribution in [3.8, 4) is 5.75 Å². The summed E-state index contributed by atoms with van der Waals surface area (Å²) in [6, 6.07) is 14.5. The predicted octanol–water partition coefficient (Wildman–Crippen LogP) is 3.75. The van der Waals surface area contributed by atoms with Crippen molar-refractivity contribution in [1.29, 1.82) is 0 Å². The van der Waals surface area contributed by atoms with Gasteiger partial charge in [0, 0.05) is 19.0 Å². The minimum atomic E-state index is -0.396. The van der Waals surface area contributed by atoms with E-state index >= 15 is 0 Å². The molecule has 0 fully saturated rings. The number of carbonyl (C=O) groups excluding carboxylic acids is 2. The Bertz CT molecular complexity index is 777. The Labute approximate surface area is 165 Å². The average Bonchev–Trinajstić information content (AvgIpc) is 2.61. The second-order valence-electron chi connectivity index (χ2n) is 6.49. The molecule has 0 saturated heterocycles. The van der Waals surface area contributed by atoms with Crippen molar-refractivity contribution in [2.45, 2.75) is 26.3 Å². The molecule has 5 nitrogen and oxygen atoms in total. The summed E-state index contributed by atoms with van der Waals surface area (Å²) in [5.74, 6) is 0.526. The van der Waals surface area contributed by atoms with Gasteiger partial charge in [0.15, 0.2) is 0 Å². The second kappa shape index (κ2) is 9.97. The molecule has 0 radical (unpaired) electrons. The van der Waals surface area contributed by atoms with Gasteiger partial charge in [0.05, 0.1) is 19.0 Å². The zero-order chi connectivity index (χ0) is 19.8. The van der Waals surface area contributed by atoms with E-state index in [0.717, 1.165) is 16.9 Å². The highest BCUT2D eigenvalue weighted by Gasteiger charge is 2.19. The first-order chi connectivity index (χ1) is 12.8. The average molecular weight is 389 g/mol. The van der Waals surface area contributed by atoms with E-state index in [-0.39, 0.29) is 18.2 Å². The third-order valence-corrected chi connectivity index (χ3v) is 4.39. The number of hydrogen-bond acceptors (Lipinski definition) is 3. The fourth-order valence-corrected chi connectivity index (χ4v) is 2.78. The van der Waals surface area contributed by atoms with Crippen molar-refractivity contribution >= 4 is 23.4 Å². The van der Waals surface area contributed by atoms with Gasteiger partial charge in [0.2, 0.25) is 11.8 Å². The summed E-state index contributed by atoms with van der Waals surface area (Å²) >= 11 is 5.92. The molecule has 0 heterocycles. The number of ether oxygens (including phenoxy) is 1. The first-order valence-electron chi connectivity index (χ1n) is 8.81. The number of nitrogens with zero attached hydrogens (tertiary/aromatic N) is 1. The van der Waals surface area contributed by atoms with Crippen molar-refractivity contribution in [1.82, 2.24) is 10.2 Å². The number of likely N-dealkylation sites (N-methyl/N-ethyl adjacent to an activating group) is 1. The SMILES string of the molecule is CC(=O)NC(CC(=O)N(C)CCOc1cccc(C)c1)c1ccc(Cl)cc1. The molecule has 0 aliphatic heterocycles. The summed E-state index contributed by atoms with van der Waals surface area (Å²) in [4.78, 5) is 25.7. The van der Waals surface area contributed by atoms with Crippen molar-refractivity contribution < 1.29 is 14.3 Å². The van der Waals surface area contributed by atoms with E-state index in [4.69, 9.17) is 16.3 Å². The number of rotatable bonds is 8. The van der Waals surface area contributed by atoms with E-state index in [1.807, 2.05) is 43.3 Å². The van der Waals surface area contributed by atoms with E-state index < -0.39 is 6.04 Å². The molecule has 0 saturated carbocycles. The van der Waals surface area contributed by atoms with Gasteiger partial charge < -0.3 is 15.0 Å². The van der Waals surface area contributed by atoms with Gasteiger partial charge in [-0.05, 0) is 42.3 Å². The van der Waals surface area contributed by atoms with E-state index in [9.17, 15) is 9.59 Å². The highest BCUT2D eigenvalue weighted by atomic mass is 35.5. The topological polar surface area (TPSA) is 58.6 Å². The molecule has 2 aromatic carbocycles. The minimum absolute atomic E-state index is 0.0726. The molecule has 0 aromatic heterocycles. The summed E-state index contributed by atoms with van der Waals surface area (Å²) in [6.45, 7) is 4.30. The highest BCUT2D eigenvalue weighted by Crippen LogP contribution is 2.20. The molecule has 6 heteroatoms. The summed E-state index contributed by atoms with van der Waals surface area (Å²) < 4.78 is 5.70. The fraction of sp³-hybridized carbons (Fsp3) is 0.333. The van der Waals surface area contributed by atoms with Crippen LogP contribution in [0.1, 0.15) is 30.5 Å². The molecule has 144 valence electrons. The number of amides is 2. The summed E-state index contributed by atoms with van der Waals surface area (Å²) in [6.07, 6.45) is 0.169. The molecule has 27 heavy (non-hydrogen) atoms. The van der Waals surface area contributed by atoms with Crippen molar-refractivity contribution in [2.75, 3.05) is 20.2 Å². The fourth-order valence-electron chi connectivity index (χ4n) is 2.65. The minimum Gasteiger partial charge on any atom is -0.492 e. The molecule has 0 aliphatic carbocycles. The second-order valence-corrected chi connectivity index (χ2v) is 6.93. The van der Waals surface area contributed by atoms with Gasteiger partial charge in [-0.2, -0.15) is 0 Å². The smallest absolute Gasteiger partial charge is 0.224 e. The standard InChI is InChI=1S/C21H25ClN2O3/c1-15-5-4-6-19(13-15)27-12-11-24(3)21(26)14-20(23-16(2)25)17-7-9-18(22)10-8-17/h4-10,13,20H,11-12,14H2,1-3H3,(H,23,25). The third-order valence-electron chi connectivity index (χ3n) is 4.14. The van der Waals surface area contributed by atoms with Crippen LogP contribution in [-0.2, 0) is 9.59 Å². The zero-order valence-electron chi connectivity index (χ0n) is 15.9. The Morgan fingerprint density at radius 2 is 1.89 bits per heavy atom. The molecule has 2 amide bonds. The third kappa shape index (κ3) is 6.94. The van der Waals surface area contributed by atoms with Crippen LogP contribution in [0.15, 0.2) is 48.5 Å². The first kappa shape index (κ1) is 20.8. The van der Waals surface area contributed by atoms with Crippen molar-refractivity contribution in [3.63, 3.8) is 0 Å². The van der Waals surface area contributed by atoms with Crippen LogP contribution >= 0.6 is 11.6 Å². The van der Waals surface area contributed by atoms with Crippen LogP contribution in [0.4, 0.5) is 0 Å². The van der Waals surface area contributed by atoms with Gasteiger partial charge in [-0.1, -0.05) is 35.9 Å². The predicted molar refractivity (Wildman–Crippen MR) is 107 cm³/mol. The maximum atomic E-state index is 12.6. The molecule has 0 aliphatic rings. The van der Waals surface area contributed by atoms with E-state index in [1.165, 1.54) is 6.92 Å². The van der Waals surface area contributed by atoms with Gasteiger partial charge in [-0.3, -0.25) is 9.59 Å². The van der Waals surface area contributed by atoms with Gasteiger partial charge >= 0.3 is 0 Å². The van der Waals surface area contributed by atoms with Crippen LogP contribution in [-0.4, -0.2) is 36.9 Å². The quantitative estimate of drug-likeness (QED) is 0.749. The Kier molecular flexibility index (Phi) is 7.67. The van der Waals surface area contributed by atoms with Crippen LogP contribution in [0.5, 0.6) is 5.75 Å². The molecular weight excluding hydrogens is 364 g/mol. The van der Waals surface area contributed by atoms with E-state index in [1.54, 1.807) is 24.1 Å². The maximum absolute atomic E-state index is 12.6. The molecule has 0 spiro atoms. The van der Waals surface area contributed by atoms with E-state index in [2.05, 4.69) is 5.32 Å². The van der Waals surface area contributed by atoms with Gasteiger partial charge in [0.25, 0.3) is 0 Å². The molecular formula is C21H25ClN2O3. The Balaban J connectivity index is 1.91. The lowest BCUT2D eigenvalue weighted by Gasteiger charge is -2.23. The van der Waals surface area contributed by atoms with Crippen molar-refractivity contribution in [3.05, 3.63) is 64.7 Å².